The molecule has 4 rings (SSSR count). The summed E-state index contributed by atoms with van der Waals surface area (Å²) >= 11 is 6.09. The van der Waals surface area contributed by atoms with Crippen LogP contribution in [0.5, 0.6) is 0 Å². The van der Waals surface area contributed by atoms with Crippen molar-refractivity contribution in [1.82, 2.24) is 15.1 Å². The van der Waals surface area contributed by atoms with Gasteiger partial charge in [0.1, 0.15) is 0 Å². The number of hydrogen-bond donors (Lipinski definition) is 1. The van der Waals surface area contributed by atoms with Gasteiger partial charge >= 0.3 is 6.03 Å². The van der Waals surface area contributed by atoms with Gasteiger partial charge in [0, 0.05) is 29.9 Å². The van der Waals surface area contributed by atoms with Crippen LogP contribution in [0.1, 0.15) is 35.7 Å². The molecule has 6 heteroatoms. The van der Waals surface area contributed by atoms with Gasteiger partial charge in [-0.3, -0.25) is 9.58 Å². The van der Waals surface area contributed by atoms with Crippen LogP contribution in [-0.2, 0) is 19.9 Å². The lowest BCUT2D eigenvalue weighted by Gasteiger charge is -2.27. The summed E-state index contributed by atoms with van der Waals surface area (Å²) in [5.74, 6) is 0. The van der Waals surface area contributed by atoms with Gasteiger partial charge in [-0.15, -0.1) is 0 Å². The highest BCUT2D eigenvalue weighted by molar-refractivity contribution is 6.31. The van der Waals surface area contributed by atoms with Crippen LogP contribution in [0.25, 0.3) is 0 Å². The molecular formula is C17H19ClN4O. The molecule has 1 unspecified atom stereocenters. The van der Waals surface area contributed by atoms with Gasteiger partial charge in [0.15, 0.2) is 0 Å². The molecule has 1 atom stereocenters. The van der Waals surface area contributed by atoms with Crippen molar-refractivity contribution in [3.63, 3.8) is 0 Å². The third-order valence-corrected chi connectivity index (χ3v) is 5.10. The number of benzene rings is 1. The van der Waals surface area contributed by atoms with Gasteiger partial charge in [0.25, 0.3) is 0 Å². The van der Waals surface area contributed by atoms with Crippen LogP contribution in [0.4, 0.5) is 10.5 Å². The molecule has 2 heterocycles. The summed E-state index contributed by atoms with van der Waals surface area (Å²) in [4.78, 5) is 14.5. The quantitative estimate of drug-likeness (QED) is 0.872. The molecule has 120 valence electrons. The SMILES string of the molecule is Cn1ncc2c1CCCC2NC(=O)N1CCc2ccc(Cl)cc21. The lowest BCUT2D eigenvalue weighted by molar-refractivity contribution is 0.241. The number of amides is 2. The number of aromatic nitrogens is 2. The Morgan fingerprint density at radius 2 is 2.26 bits per heavy atom. The fraction of sp³-hybridized carbons (Fsp3) is 0.412. The Morgan fingerprint density at radius 3 is 3.13 bits per heavy atom. The van der Waals surface area contributed by atoms with Gasteiger partial charge in [-0.25, -0.2) is 4.79 Å². The fourth-order valence-electron chi connectivity index (χ4n) is 3.65. The van der Waals surface area contributed by atoms with E-state index in [9.17, 15) is 4.79 Å². The maximum atomic E-state index is 12.7. The maximum absolute atomic E-state index is 12.7. The van der Waals surface area contributed by atoms with E-state index in [2.05, 4.69) is 10.4 Å². The molecule has 1 aromatic heterocycles. The van der Waals surface area contributed by atoms with Gasteiger partial charge < -0.3 is 5.32 Å². The van der Waals surface area contributed by atoms with Crippen molar-refractivity contribution in [3.8, 4) is 0 Å². The van der Waals surface area contributed by atoms with Crippen molar-refractivity contribution in [3.05, 3.63) is 46.2 Å². The molecule has 1 aliphatic carbocycles. The predicted octanol–water partition coefficient (Wildman–Crippen LogP) is 3.22. The smallest absolute Gasteiger partial charge is 0.322 e. The molecule has 0 fully saturated rings. The predicted molar refractivity (Wildman–Crippen MR) is 89.9 cm³/mol. The van der Waals surface area contributed by atoms with E-state index in [0.717, 1.165) is 36.9 Å². The number of halogens is 1. The van der Waals surface area contributed by atoms with Crippen LogP contribution >= 0.6 is 11.6 Å². The fourth-order valence-corrected chi connectivity index (χ4v) is 3.81. The van der Waals surface area contributed by atoms with E-state index in [-0.39, 0.29) is 12.1 Å². The van der Waals surface area contributed by atoms with E-state index in [0.29, 0.717) is 11.6 Å². The maximum Gasteiger partial charge on any atom is 0.322 e. The van der Waals surface area contributed by atoms with Crippen molar-refractivity contribution in [2.24, 2.45) is 7.05 Å². The van der Waals surface area contributed by atoms with E-state index in [4.69, 9.17) is 11.6 Å². The zero-order valence-electron chi connectivity index (χ0n) is 13.1. The molecule has 1 aromatic carbocycles. The first kappa shape index (κ1) is 14.6. The molecule has 0 saturated heterocycles. The van der Waals surface area contributed by atoms with Crippen LogP contribution in [0, 0.1) is 0 Å². The van der Waals surface area contributed by atoms with Crippen LogP contribution < -0.4 is 10.2 Å². The minimum Gasteiger partial charge on any atom is -0.331 e. The van der Waals surface area contributed by atoms with Crippen molar-refractivity contribution in [2.75, 3.05) is 11.4 Å². The number of anilines is 1. The summed E-state index contributed by atoms with van der Waals surface area (Å²) in [5.41, 5.74) is 4.48. The number of nitrogens with zero attached hydrogens (tertiary/aromatic N) is 3. The molecule has 0 radical (unpaired) electrons. The summed E-state index contributed by atoms with van der Waals surface area (Å²) < 4.78 is 1.92. The first-order valence-corrected chi connectivity index (χ1v) is 8.38. The topological polar surface area (TPSA) is 50.2 Å². The highest BCUT2D eigenvalue weighted by Gasteiger charge is 2.29. The Bertz CT molecular complexity index is 770. The van der Waals surface area contributed by atoms with Crippen LogP contribution in [0.15, 0.2) is 24.4 Å². The summed E-state index contributed by atoms with van der Waals surface area (Å²) in [6.45, 7) is 0.703. The monoisotopic (exact) mass is 330 g/mol. The largest absolute Gasteiger partial charge is 0.331 e. The number of urea groups is 1. The second kappa shape index (κ2) is 5.57. The second-order valence-electron chi connectivity index (χ2n) is 6.24. The van der Waals surface area contributed by atoms with Gasteiger partial charge in [0.05, 0.1) is 17.9 Å². The van der Waals surface area contributed by atoms with E-state index in [1.54, 1.807) is 4.90 Å². The molecule has 2 aromatic rings. The number of rotatable bonds is 1. The molecule has 1 aliphatic heterocycles. The summed E-state index contributed by atoms with van der Waals surface area (Å²) in [7, 11) is 1.96. The number of hydrogen-bond acceptors (Lipinski definition) is 2. The highest BCUT2D eigenvalue weighted by atomic mass is 35.5. The van der Waals surface area contributed by atoms with E-state index in [1.165, 1.54) is 11.3 Å². The number of aryl methyl sites for hydroxylation is 1. The number of carbonyl (C=O) groups is 1. The Kier molecular flexibility index (Phi) is 3.53. The normalized spacial score (nSPS) is 19.4. The van der Waals surface area contributed by atoms with Crippen LogP contribution in [0.2, 0.25) is 5.02 Å². The summed E-state index contributed by atoms with van der Waals surface area (Å²) in [6, 6.07) is 5.76. The average Bonchev–Trinajstić information content (AvgIpc) is 3.12. The number of nitrogens with one attached hydrogen (secondary N) is 1. The summed E-state index contributed by atoms with van der Waals surface area (Å²) in [6.07, 6.45) is 5.82. The van der Waals surface area contributed by atoms with Gasteiger partial charge in [-0.05, 0) is 43.4 Å². The van der Waals surface area contributed by atoms with Crippen molar-refractivity contribution in [1.29, 1.82) is 0 Å². The lowest BCUT2D eigenvalue weighted by Crippen LogP contribution is -2.41. The summed E-state index contributed by atoms with van der Waals surface area (Å²) in [5, 5.41) is 8.18. The zero-order chi connectivity index (χ0) is 16.0. The molecule has 0 bridgehead atoms. The van der Waals surface area contributed by atoms with Crippen molar-refractivity contribution < 1.29 is 4.79 Å². The van der Waals surface area contributed by atoms with Crippen LogP contribution in [-0.4, -0.2) is 22.4 Å². The third kappa shape index (κ3) is 2.49. The second-order valence-corrected chi connectivity index (χ2v) is 6.68. The molecule has 0 spiro atoms. The average molecular weight is 331 g/mol. The van der Waals surface area contributed by atoms with Gasteiger partial charge in [-0.1, -0.05) is 17.7 Å². The first-order valence-electron chi connectivity index (χ1n) is 8.00. The number of fused-ring (bicyclic) bond motifs is 2. The minimum absolute atomic E-state index is 0.0446. The molecule has 2 aliphatic rings. The molecule has 1 N–H and O–H groups in total. The standard InChI is InChI=1S/C17H19ClN4O/c1-21-15-4-2-3-14(13(15)10-19-21)20-17(23)22-8-7-11-5-6-12(18)9-16(11)22/h5-6,9-10,14H,2-4,7-8H2,1H3,(H,20,23). The van der Waals surface area contributed by atoms with Crippen molar-refractivity contribution in [2.45, 2.75) is 31.7 Å². The molecule has 23 heavy (non-hydrogen) atoms. The third-order valence-electron chi connectivity index (χ3n) is 4.86. The lowest BCUT2D eigenvalue weighted by atomic mass is 9.93. The Labute approximate surface area is 140 Å². The van der Waals surface area contributed by atoms with Gasteiger partial charge in [0.2, 0.25) is 0 Å². The van der Waals surface area contributed by atoms with E-state index in [1.807, 2.05) is 36.1 Å². The first-order chi connectivity index (χ1) is 11.1. The Morgan fingerprint density at radius 1 is 1.39 bits per heavy atom. The van der Waals surface area contributed by atoms with Crippen molar-refractivity contribution >= 4 is 23.3 Å². The number of carbonyl (C=O) groups excluding carboxylic acids is 1. The van der Waals surface area contributed by atoms with E-state index >= 15 is 0 Å². The molecule has 0 saturated carbocycles. The van der Waals surface area contributed by atoms with Crippen LogP contribution in [0.3, 0.4) is 0 Å². The zero-order valence-corrected chi connectivity index (χ0v) is 13.8. The highest BCUT2D eigenvalue weighted by Crippen LogP contribution is 2.33. The Hall–Kier alpha value is -2.01. The van der Waals surface area contributed by atoms with Gasteiger partial charge in [-0.2, -0.15) is 5.10 Å². The molecule has 2 amide bonds. The molecular weight excluding hydrogens is 312 g/mol. The van der Waals surface area contributed by atoms with E-state index < -0.39 is 0 Å². The molecule has 5 nitrogen and oxygen atoms in total. The Balaban J connectivity index is 1.55. The minimum atomic E-state index is -0.0484.